The number of benzene rings is 2. The maximum absolute atomic E-state index is 6.19. The first-order chi connectivity index (χ1) is 9.10. The highest BCUT2D eigenvalue weighted by atomic mass is 35.5. The molecule has 1 N–H and O–H groups in total. The molecule has 0 aliphatic carbocycles. The number of hydrogen-bond acceptors (Lipinski definition) is 2. The Kier molecular flexibility index (Phi) is 5.43. The molecule has 0 aromatic heterocycles. The molecule has 0 aliphatic heterocycles. The van der Waals surface area contributed by atoms with Crippen LogP contribution in [0, 0.1) is 0 Å². The zero-order chi connectivity index (χ0) is 13.8. The van der Waals surface area contributed by atoms with Gasteiger partial charge in [0.2, 0.25) is 0 Å². The Balaban J connectivity index is 2.34. The first-order valence-corrected chi connectivity index (χ1v) is 7.61. The first-order valence-electron chi connectivity index (χ1n) is 5.66. The van der Waals surface area contributed by atoms with Gasteiger partial charge in [-0.15, -0.1) is 0 Å². The molecule has 100 valence electrons. The van der Waals surface area contributed by atoms with Gasteiger partial charge in [-0.3, -0.25) is 0 Å². The molecule has 0 saturated carbocycles. The summed E-state index contributed by atoms with van der Waals surface area (Å²) in [6.45, 7) is 0.751. The van der Waals surface area contributed by atoms with Gasteiger partial charge in [-0.25, -0.2) is 0 Å². The molecule has 0 aliphatic rings. The van der Waals surface area contributed by atoms with Gasteiger partial charge < -0.3 is 5.32 Å². The summed E-state index contributed by atoms with van der Waals surface area (Å²) < 4.78 is 0. The van der Waals surface area contributed by atoms with E-state index in [-0.39, 0.29) is 0 Å². The summed E-state index contributed by atoms with van der Waals surface area (Å²) in [6.07, 6.45) is 0. The van der Waals surface area contributed by atoms with Crippen LogP contribution in [0.5, 0.6) is 0 Å². The minimum Gasteiger partial charge on any atom is -0.316 e. The Morgan fingerprint density at radius 1 is 0.947 bits per heavy atom. The highest BCUT2D eigenvalue weighted by molar-refractivity contribution is 7.99. The van der Waals surface area contributed by atoms with E-state index in [2.05, 4.69) is 5.32 Å². The third-order valence-electron chi connectivity index (χ3n) is 2.50. The van der Waals surface area contributed by atoms with Crippen LogP contribution in [-0.2, 0) is 6.54 Å². The van der Waals surface area contributed by atoms with Crippen LogP contribution in [0.3, 0.4) is 0 Å². The molecule has 0 heterocycles. The lowest BCUT2D eigenvalue weighted by Crippen LogP contribution is -2.06. The van der Waals surface area contributed by atoms with E-state index in [1.54, 1.807) is 23.9 Å². The number of hydrogen-bond donors (Lipinski definition) is 1. The van der Waals surface area contributed by atoms with Crippen molar-refractivity contribution < 1.29 is 0 Å². The number of rotatable bonds is 4. The smallest absolute Gasteiger partial charge is 0.0546 e. The predicted octanol–water partition coefficient (Wildman–Crippen LogP) is 5.52. The van der Waals surface area contributed by atoms with Crippen LogP contribution in [0.1, 0.15) is 5.56 Å². The molecule has 0 radical (unpaired) electrons. The molecule has 5 heteroatoms. The van der Waals surface area contributed by atoms with Crippen LogP contribution >= 0.6 is 46.6 Å². The van der Waals surface area contributed by atoms with Gasteiger partial charge in [0, 0.05) is 26.4 Å². The van der Waals surface area contributed by atoms with Gasteiger partial charge in [0.15, 0.2) is 0 Å². The molecule has 19 heavy (non-hydrogen) atoms. The number of nitrogens with one attached hydrogen (secondary N) is 1. The van der Waals surface area contributed by atoms with E-state index in [1.165, 1.54) is 0 Å². The summed E-state index contributed by atoms with van der Waals surface area (Å²) >= 11 is 19.8. The molecular weight excluding hydrogens is 321 g/mol. The van der Waals surface area contributed by atoms with Crippen molar-refractivity contribution in [2.45, 2.75) is 16.3 Å². The van der Waals surface area contributed by atoms with Crippen LogP contribution in [0.25, 0.3) is 0 Å². The molecule has 0 unspecified atom stereocenters. The van der Waals surface area contributed by atoms with Gasteiger partial charge >= 0.3 is 0 Å². The molecule has 0 atom stereocenters. The molecule has 2 rings (SSSR count). The first kappa shape index (κ1) is 15.0. The Labute approximate surface area is 132 Å². The predicted molar refractivity (Wildman–Crippen MR) is 84.8 cm³/mol. The van der Waals surface area contributed by atoms with E-state index in [0.717, 1.165) is 26.9 Å². The number of halogens is 3. The van der Waals surface area contributed by atoms with Crippen molar-refractivity contribution >= 4 is 46.6 Å². The third-order valence-corrected chi connectivity index (χ3v) is 4.59. The quantitative estimate of drug-likeness (QED) is 0.791. The Morgan fingerprint density at radius 3 is 2.37 bits per heavy atom. The maximum Gasteiger partial charge on any atom is 0.0546 e. The van der Waals surface area contributed by atoms with E-state index in [4.69, 9.17) is 34.8 Å². The van der Waals surface area contributed by atoms with Gasteiger partial charge in [0.25, 0.3) is 0 Å². The van der Waals surface area contributed by atoms with E-state index >= 15 is 0 Å². The van der Waals surface area contributed by atoms with Crippen LogP contribution in [0.2, 0.25) is 15.1 Å². The average molecular weight is 333 g/mol. The second-order valence-electron chi connectivity index (χ2n) is 3.96. The molecule has 0 fully saturated rings. The molecule has 1 nitrogen and oxygen atoms in total. The monoisotopic (exact) mass is 331 g/mol. The summed E-state index contributed by atoms with van der Waals surface area (Å²) in [5.74, 6) is 0. The summed E-state index contributed by atoms with van der Waals surface area (Å²) in [4.78, 5) is 2.05. The van der Waals surface area contributed by atoms with E-state index in [1.807, 2.05) is 31.3 Å². The fourth-order valence-electron chi connectivity index (χ4n) is 1.65. The van der Waals surface area contributed by atoms with Crippen molar-refractivity contribution in [1.29, 1.82) is 0 Å². The second kappa shape index (κ2) is 6.87. The van der Waals surface area contributed by atoms with Crippen molar-refractivity contribution in [2.24, 2.45) is 0 Å². The second-order valence-corrected chi connectivity index (χ2v) is 6.32. The third kappa shape index (κ3) is 4.04. The van der Waals surface area contributed by atoms with Crippen LogP contribution in [0.4, 0.5) is 0 Å². The minimum atomic E-state index is 0.677. The highest BCUT2D eigenvalue weighted by Crippen LogP contribution is 2.37. The Hall–Kier alpha value is -0.380. The molecule has 0 bridgehead atoms. The van der Waals surface area contributed by atoms with Gasteiger partial charge in [-0.1, -0.05) is 46.6 Å². The molecule has 2 aromatic rings. The van der Waals surface area contributed by atoms with Crippen molar-refractivity contribution in [3.8, 4) is 0 Å². The standard InChI is InChI=1S/C14H12Cl3NS/c1-18-8-9-6-10(15)3-5-13(9)19-14-7-11(16)2-4-12(14)17/h2-7,18H,8H2,1H3. The van der Waals surface area contributed by atoms with Gasteiger partial charge in [-0.2, -0.15) is 0 Å². The SMILES string of the molecule is CNCc1cc(Cl)ccc1Sc1cc(Cl)ccc1Cl. The van der Waals surface area contributed by atoms with E-state index in [9.17, 15) is 0 Å². The van der Waals surface area contributed by atoms with Crippen molar-refractivity contribution in [2.75, 3.05) is 7.05 Å². The fraction of sp³-hybridized carbons (Fsp3) is 0.143. The molecular formula is C14H12Cl3NS. The van der Waals surface area contributed by atoms with Crippen molar-refractivity contribution in [1.82, 2.24) is 5.32 Å². The molecule has 0 saturated heterocycles. The van der Waals surface area contributed by atoms with E-state index in [0.29, 0.717) is 10.0 Å². The fourth-order valence-corrected chi connectivity index (χ4v) is 3.30. The molecule has 0 amide bonds. The summed E-state index contributed by atoms with van der Waals surface area (Å²) in [6, 6.07) is 11.3. The zero-order valence-electron chi connectivity index (χ0n) is 10.2. The average Bonchev–Trinajstić information content (AvgIpc) is 2.37. The van der Waals surface area contributed by atoms with Gasteiger partial charge in [-0.05, 0) is 49.0 Å². The van der Waals surface area contributed by atoms with Crippen molar-refractivity contribution in [3.63, 3.8) is 0 Å². The van der Waals surface area contributed by atoms with Crippen LogP contribution < -0.4 is 5.32 Å². The lowest BCUT2D eigenvalue weighted by molar-refractivity contribution is 0.803. The summed E-state index contributed by atoms with van der Waals surface area (Å²) in [5, 5.41) is 5.23. The van der Waals surface area contributed by atoms with E-state index < -0.39 is 0 Å². The summed E-state index contributed by atoms with van der Waals surface area (Å²) in [5.41, 5.74) is 1.14. The topological polar surface area (TPSA) is 12.0 Å². The van der Waals surface area contributed by atoms with Gasteiger partial charge in [0.05, 0.1) is 5.02 Å². The highest BCUT2D eigenvalue weighted by Gasteiger charge is 2.08. The Bertz CT molecular complexity index is 587. The summed E-state index contributed by atoms with van der Waals surface area (Å²) in [7, 11) is 1.90. The maximum atomic E-state index is 6.19. The lowest BCUT2D eigenvalue weighted by atomic mass is 10.2. The zero-order valence-corrected chi connectivity index (χ0v) is 13.3. The minimum absolute atomic E-state index is 0.677. The van der Waals surface area contributed by atoms with Crippen molar-refractivity contribution in [3.05, 3.63) is 57.0 Å². The van der Waals surface area contributed by atoms with Gasteiger partial charge in [0.1, 0.15) is 0 Å². The normalized spacial score (nSPS) is 10.7. The van der Waals surface area contributed by atoms with Crippen LogP contribution in [-0.4, -0.2) is 7.05 Å². The lowest BCUT2D eigenvalue weighted by Gasteiger charge is -2.10. The van der Waals surface area contributed by atoms with Crippen LogP contribution in [0.15, 0.2) is 46.2 Å². The molecule has 0 spiro atoms. The molecule has 2 aromatic carbocycles. The Morgan fingerprint density at radius 2 is 1.63 bits per heavy atom. The largest absolute Gasteiger partial charge is 0.316 e.